The first-order valence-electron chi connectivity index (χ1n) is 16.8. The third kappa shape index (κ3) is 5.70. The van der Waals surface area contributed by atoms with Crippen molar-refractivity contribution in [2.24, 2.45) is 5.92 Å². The molecular formula is C36H39FN6O6Si. The highest BCUT2D eigenvalue weighted by Gasteiger charge is 2.67. The van der Waals surface area contributed by atoms with Crippen molar-refractivity contribution < 1.29 is 28.5 Å². The van der Waals surface area contributed by atoms with Crippen LogP contribution in [0.3, 0.4) is 0 Å². The van der Waals surface area contributed by atoms with Gasteiger partial charge in [-0.2, -0.15) is 0 Å². The van der Waals surface area contributed by atoms with Gasteiger partial charge < -0.3 is 23.8 Å². The Morgan fingerprint density at radius 1 is 1.12 bits per heavy atom. The monoisotopic (exact) mass is 698 g/mol. The van der Waals surface area contributed by atoms with Crippen LogP contribution in [0.1, 0.15) is 48.1 Å². The predicted octanol–water partition coefficient (Wildman–Crippen LogP) is 5.46. The second-order valence-electron chi connectivity index (χ2n) is 13.9. The van der Waals surface area contributed by atoms with Crippen LogP contribution in [-0.2, 0) is 33.0 Å². The van der Waals surface area contributed by atoms with Crippen LogP contribution >= 0.6 is 0 Å². The van der Waals surface area contributed by atoms with Gasteiger partial charge in [-0.3, -0.25) is 24.4 Å². The topological polar surface area (TPSA) is 144 Å². The molecule has 3 aromatic carbocycles. The van der Waals surface area contributed by atoms with Gasteiger partial charge in [-0.25, -0.2) is 0 Å². The number of anilines is 2. The molecular weight excluding hydrogens is 660 g/mol. The first-order valence-corrected chi connectivity index (χ1v) is 19.8. The molecule has 1 spiro atoms. The summed E-state index contributed by atoms with van der Waals surface area (Å²) < 4.78 is 24.8. The molecule has 3 aliphatic rings. The number of aryl methyl sites for hydroxylation is 1. The summed E-state index contributed by atoms with van der Waals surface area (Å²) in [4.78, 5) is 41.6. The zero-order chi connectivity index (χ0) is 35.4. The van der Waals surface area contributed by atoms with Crippen LogP contribution in [0.2, 0.25) is 18.6 Å². The van der Waals surface area contributed by atoms with Crippen LogP contribution in [0.25, 0.3) is 0 Å². The highest BCUT2D eigenvalue weighted by molar-refractivity contribution is 6.72. The summed E-state index contributed by atoms with van der Waals surface area (Å²) >= 11 is 0. The van der Waals surface area contributed by atoms with E-state index < -0.39 is 42.4 Å². The fourth-order valence-electron chi connectivity index (χ4n) is 8.07. The lowest BCUT2D eigenvalue weighted by atomic mass is 9.82. The van der Waals surface area contributed by atoms with Crippen molar-refractivity contribution in [3.05, 3.63) is 111 Å². The summed E-state index contributed by atoms with van der Waals surface area (Å²) in [5.74, 6) is -1.35. The van der Waals surface area contributed by atoms with Crippen LogP contribution in [0.15, 0.2) is 79.0 Å². The number of carbonyl (C=O) groups excluding carboxylic acids is 2. The molecule has 0 radical (unpaired) electrons. The number of hydrogen-bond donors (Lipinski definition) is 1. The molecule has 4 heterocycles. The molecule has 3 aliphatic heterocycles. The summed E-state index contributed by atoms with van der Waals surface area (Å²) in [6.45, 7) is 5.96. The van der Waals surface area contributed by atoms with Crippen LogP contribution in [-0.4, -0.2) is 64.5 Å². The molecule has 5 atom stereocenters. The number of nitro groups is 1. The number of aliphatic hydroxyl groups excluding tert-OH is 1. The number of halogens is 1. The quantitative estimate of drug-likeness (QED) is 0.0716. The molecule has 50 heavy (non-hydrogen) atoms. The van der Waals surface area contributed by atoms with Crippen LogP contribution in [0, 0.1) is 16.0 Å². The van der Waals surface area contributed by atoms with E-state index in [1.165, 1.54) is 12.1 Å². The minimum absolute atomic E-state index is 0.0331. The number of carbonyl (C=O) groups is 2. The SMILES string of the molecule is C[C@H]1[C@H]([Si](C)(C)F)[C@@H](CCn2cc(C(CO)c3ccccc3)nn2)O[C@]12C(=O)N(Cc1cccc(N3CCC3=O)c1)c1ccc([N+](=O)[O-])cc12. The largest absolute Gasteiger partial charge is 0.395 e. The van der Waals surface area contributed by atoms with Crippen molar-refractivity contribution in [2.45, 2.75) is 69.1 Å². The van der Waals surface area contributed by atoms with Gasteiger partial charge in [0.25, 0.3) is 11.6 Å². The number of benzene rings is 3. The molecule has 260 valence electrons. The van der Waals surface area contributed by atoms with Gasteiger partial charge in [0.2, 0.25) is 14.3 Å². The van der Waals surface area contributed by atoms with E-state index in [9.17, 15) is 24.8 Å². The van der Waals surface area contributed by atoms with Crippen LogP contribution in [0.5, 0.6) is 0 Å². The van der Waals surface area contributed by atoms with Gasteiger partial charge >= 0.3 is 0 Å². The lowest BCUT2D eigenvalue weighted by Crippen LogP contribution is -2.45. The predicted molar refractivity (Wildman–Crippen MR) is 186 cm³/mol. The van der Waals surface area contributed by atoms with Gasteiger partial charge in [-0.15, -0.1) is 5.10 Å². The number of aromatic nitrogens is 3. The zero-order valence-electron chi connectivity index (χ0n) is 28.1. The van der Waals surface area contributed by atoms with E-state index in [-0.39, 0.29) is 30.7 Å². The second kappa shape index (κ2) is 12.8. The molecule has 4 aromatic rings. The van der Waals surface area contributed by atoms with Crippen LogP contribution in [0.4, 0.5) is 21.2 Å². The smallest absolute Gasteiger partial charge is 0.269 e. The van der Waals surface area contributed by atoms with E-state index in [4.69, 9.17) is 4.74 Å². The first-order chi connectivity index (χ1) is 23.9. The number of β-lactam (4-membered cyclic amide) rings is 1. The molecule has 1 aromatic heterocycles. The molecule has 12 nitrogen and oxygen atoms in total. The fourth-order valence-corrected chi connectivity index (χ4v) is 10.6. The lowest BCUT2D eigenvalue weighted by Gasteiger charge is -2.32. The van der Waals surface area contributed by atoms with E-state index in [2.05, 4.69) is 10.3 Å². The molecule has 1 N–H and O–H groups in total. The van der Waals surface area contributed by atoms with Gasteiger partial charge in [0, 0.05) is 60.5 Å². The fraction of sp³-hybridized carbons (Fsp3) is 0.389. The molecule has 2 fully saturated rings. The normalized spacial score (nSPS) is 23.7. The third-order valence-electron chi connectivity index (χ3n) is 10.5. The summed E-state index contributed by atoms with van der Waals surface area (Å²) in [5.41, 5.74) is 1.42. The number of non-ortho nitro benzene ring substituents is 1. The molecule has 1 unspecified atom stereocenters. The molecule has 0 bridgehead atoms. The van der Waals surface area contributed by atoms with Crippen molar-refractivity contribution in [3.8, 4) is 0 Å². The number of amides is 2. The first kappa shape index (κ1) is 33.7. The Morgan fingerprint density at radius 2 is 1.90 bits per heavy atom. The number of ether oxygens (including phenoxy) is 1. The minimum Gasteiger partial charge on any atom is -0.395 e. The maximum atomic E-state index is 16.4. The van der Waals surface area contributed by atoms with E-state index in [0.29, 0.717) is 42.9 Å². The summed E-state index contributed by atoms with van der Waals surface area (Å²) in [7, 11) is -3.50. The third-order valence-corrected chi connectivity index (χ3v) is 13.0. The Labute approximate surface area is 289 Å². The number of nitrogens with zero attached hydrogens (tertiary/aromatic N) is 6. The van der Waals surface area contributed by atoms with E-state index >= 15 is 4.11 Å². The Kier molecular flexibility index (Phi) is 8.64. The summed E-state index contributed by atoms with van der Waals surface area (Å²) in [6.07, 6.45) is 1.88. The maximum absolute atomic E-state index is 16.4. The molecule has 0 aliphatic carbocycles. The molecule has 2 amide bonds. The van der Waals surface area contributed by atoms with E-state index in [1.807, 2.05) is 61.5 Å². The van der Waals surface area contributed by atoms with Crippen molar-refractivity contribution in [1.82, 2.24) is 15.0 Å². The second-order valence-corrected chi connectivity index (χ2v) is 17.7. The van der Waals surface area contributed by atoms with E-state index in [0.717, 1.165) is 16.8 Å². The Balaban J connectivity index is 1.20. The van der Waals surface area contributed by atoms with Gasteiger partial charge in [-0.05, 0) is 48.8 Å². The number of fused-ring (bicyclic) bond motifs is 2. The summed E-state index contributed by atoms with van der Waals surface area (Å²) in [6, 6.07) is 21.3. The highest BCUT2D eigenvalue weighted by Crippen LogP contribution is 2.60. The number of rotatable bonds is 11. The molecule has 7 rings (SSSR count). The van der Waals surface area contributed by atoms with Gasteiger partial charge in [0.05, 0.1) is 41.5 Å². The molecule has 0 saturated carbocycles. The average Bonchev–Trinajstić information content (AvgIpc) is 3.74. The Bertz CT molecular complexity index is 1950. The van der Waals surface area contributed by atoms with Gasteiger partial charge in [0.1, 0.15) is 0 Å². The lowest BCUT2D eigenvalue weighted by molar-refractivity contribution is -0.385. The van der Waals surface area contributed by atoms with Crippen molar-refractivity contribution in [1.29, 1.82) is 0 Å². The number of nitro benzene ring substituents is 1. The van der Waals surface area contributed by atoms with Crippen molar-refractivity contribution >= 4 is 37.3 Å². The van der Waals surface area contributed by atoms with Crippen molar-refractivity contribution in [2.75, 3.05) is 23.0 Å². The Morgan fingerprint density at radius 3 is 2.56 bits per heavy atom. The van der Waals surface area contributed by atoms with Gasteiger partial charge in [0.15, 0.2) is 5.60 Å². The molecule has 14 heteroatoms. The molecule has 2 saturated heterocycles. The Hall–Kier alpha value is -4.79. The average molecular weight is 699 g/mol. The minimum atomic E-state index is -3.50. The summed E-state index contributed by atoms with van der Waals surface area (Å²) in [5, 5.41) is 30.7. The maximum Gasteiger partial charge on any atom is 0.269 e. The highest BCUT2D eigenvalue weighted by atomic mass is 28.4. The zero-order valence-corrected chi connectivity index (χ0v) is 29.1. The number of hydrogen-bond acceptors (Lipinski definition) is 8. The number of aliphatic hydroxyl groups is 1. The van der Waals surface area contributed by atoms with E-state index in [1.54, 1.807) is 39.8 Å². The van der Waals surface area contributed by atoms with Crippen molar-refractivity contribution in [3.63, 3.8) is 0 Å². The van der Waals surface area contributed by atoms with Gasteiger partial charge in [-0.1, -0.05) is 54.6 Å². The van der Waals surface area contributed by atoms with Crippen LogP contribution < -0.4 is 9.80 Å². The standard InChI is InChI=1S/C36H39FN6O6Si/c1-23-34(50(2,3)37)32(14-16-40-21-30(38-39-40)28(22-44)25-9-5-4-6-10-25)49-36(23)29-19-27(43(47)48)12-13-31(29)42(35(36)46)20-24-8-7-11-26(18-24)41-17-15-33(41)45/h4-13,18-19,21,23,28,32,34,44H,14-17,20,22H2,1-3H3/t23-,28?,32+,34-,36+/m0/s1.